The number of nitrogens with zero attached hydrogens (tertiary/aromatic N) is 3. The van der Waals surface area contributed by atoms with E-state index in [-0.39, 0.29) is 11.9 Å². The summed E-state index contributed by atoms with van der Waals surface area (Å²) in [5.41, 5.74) is 2.74. The molecule has 6 rings (SSSR count). The number of benzene rings is 1. The van der Waals surface area contributed by atoms with Crippen LogP contribution < -0.4 is 4.74 Å². The molecule has 29 heavy (non-hydrogen) atoms. The molecule has 2 heterocycles. The van der Waals surface area contributed by atoms with Crippen LogP contribution in [0, 0.1) is 17.8 Å². The number of ether oxygens (including phenoxy) is 3. The van der Waals surface area contributed by atoms with E-state index in [9.17, 15) is 0 Å². The Bertz CT molecular complexity index is 977. The molecule has 2 aromatic rings. The minimum Gasteiger partial charge on any atom is -0.490 e. The van der Waals surface area contributed by atoms with Crippen LogP contribution in [0.1, 0.15) is 50.5 Å². The van der Waals surface area contributed by atoms with Gasteiger partial charge in [-0.15, -0.1) is 5.10 Å². The summed E-state index contributed by atoms with van der Waals surface area (Å²) in [4.78, 5) is 0. The molecule has 3 aliphatic carbocycles. The first-order valence-corrected chi connectivity index (χ1v) is 10.8. The first kappa shape index (κ1) is 17.5. The highest BCUT2D eigenvalue weighted by Crippen LogP contribution is 2.41. The maximum atomic E-state index is 6.17. The predicted molar refractivity (Wildman–Crippen MR) is 106 cm³/mol. The fourth-order valence-electron chi connectivity index (χ4n) is 3.87. The Hall–Kier alpha value is -2.36. The molecule has 0 N–H and O–H groups in total. The molecule has 1 aromatic carbocycles. The third-order valence-electron chi connectivity index (χ3n) is 6.13. The molecule has 1 aromatic heterocycles. The highest BCUT2D eigenvalue weighted by Gasteiger charge is 2.46. The summed E-state index contributed by atoms with van der Waals surface area (Å²) >= 11 is 0. The number of rotatable bonds is 5. The molecular weight excluding hydrogens is 366 g/mol. The molecule has 3 saturated carbocycles. The van der Waals surface area contributed by atoms with Gasteiger partial charge in [-0.1, -0.05) is 17.1 Å². The minimum absolute atomic E-state index is 0.0311. The van der Waals surface area contributed by atoms with Gasteiger partial charge in [-0.2, -0.15) is 0 Å². The van der Waals surface area contributed by atoms with Gasteiger partial charge in [0.25, 0.3) is 0 Å². The fourth-order valence-corrected chi connectivity index (χ4v) is 3.87. The van der Waals surface area contributed by atoms with E-state index in [2.05, 4.69) is 28.2 Å². The van der Waals surface area contributed by atoms with Gasteiger partial charge in [-0.25, -0.2) is 4.68 Å². The average molecular weight is 391 g/mol. The van der Waals surface area contributed by atoms with E-state index in [1.54, 1.807) is 4.68 Å². The van der Waals surface area contributed by atoms with Crippen molar-refractivity contribution in [3.63, 3.8) is 0 Å². The average Bonchev–Trinajstić information content (AvgIpc) is 3.61. The summed E-state index contributed by atoms with van der Waals surface area (Å²) in [7, 11) is 0. The quantitative estimate of drug-likeness (QED) is 0.730. The molecule has 6 nitrogen and oxygen atoms in total. The third-order valence-corrected chi connectivity index (χ3v) is 6.13. The van der Waals surface area contributed by atoms with E-state index >= 15 is 0 Å². The molecule has 1 unspecified atom stereocenters. The van der Waals surface area contributed by atoms with Gasteiger partial charge in [-0.05, 0) is 63.1 Å². The van der Waals surface area contributed by atoms with Crippen molar-refractivity contribution < 1.29 is 14.2 Å². The number of hydrogen-bond acceptors (Lipinski definition) is 5. The first-order chi connectivity index (χ1) is 14.2. The van der Waals surface area contributed by atoms with E-state index in [0.29, 0.717) is 25.2 Å². The number of aromatic nitrogens is 3. The van der Waals surface area contributed by atoms with E-state index < -0.39 is 0 Å². The lowest BCUT2D eigenvalue weighted by Crippen LogP contribution is -2.40. The maximum Gasteiger partial charge on any atom is 0.178 e. The van der Waals surface area contributed by atoms with Crippen molar-refractivity contribution in [1.29, 1.82) is 0 Å². The zero-order valence-electron chi connectivity index (χ0n) is 16.5. The summed E-state index contributed by atoms with van der Waals surface area (Å²) in [5.74, 6) is 8.05. The van der Waals surface area contributed by atoms with Crippen LogP contribution in [-0.4, -0.2) is 39.6 Å². The maximum absolute atomic E-state index is 6.17. The lowest BCUT2D eigenvalue weighted by Gasteiger charge is -2.35. The second-order valence-corrected chi connectivity index (χ2v) is 8.79. The lowest BCUT2D eigenvalue weighted by molar-refractivity contribution is -0.123. The molecule has 0 radical (unpaired) electrons. The zero-order valence-corrected chi connectivity index (χ0v) is 16.5. The van der Waals surface area contributed by atoms with Gasteiger partial charge >= 0.3 is 0 Å². The molecule has 4 fully saturated rings. The molecule has 0 bridgehead atoms. The van der Waals surface area contributed by atoms with Crippen LogP contribution in [0.25, 0.3) is 11.3 Å². The molecular formula is C23H25N3O3. The van der Waals surface area contributed by atoms with Crippen molar-refractivity contribution in [3.8, 4) is 28.8 Å². The Morgan fingerprint density at radius 3 is 2.83 bits per heavy atom. The van der Waals surface area contributed by atoms with Crippen LogP contribution in [0.3, 0.4) is 0 Å². The second kappa shape index (κ2) is 6.86. The Balaban J connectivity index is 1.21. The van der Waals surface area contributed by atoms with Crippen molar-refractivity contribution in [2.24, 2.45) is 5.92 Å². The number of hydrogen-bond donors (Lipinski definition) is 0. The van der Waals surface area contributed by atoms with Crippen LogP contribution in [-0.2, 0) is 16.0 Å². The van der Waals surface area contributed by atoms with Crippen LogP contribution in [0.5, 0.6) is 5.75 Å². The van der Waals surface area contributed by atoms with Crippen LogP contribution in [0.2, 0.25) is 0 Å². The van der Waals surface area contributed by atoms with Gasteiger partial charge in [0.05, 0.1) is 31.1 Å². The fraction of sp³-hybridized carbons (Fsp3) is 0.565. The Kier molecular flexibility index (Phi) is 4.14. The second-order valence-electron chi connectivity index (χ2n) is 8.79. The summed E-state index contributed by atoms with van der Waals surface area (Å²) in [6, 6.07) is 6.15. The SMILES string of the molecule is C(#CC1CC1)c1ccc(-c2cn(CC3OCC4(CCC4)O3)nn2)c(OC2CC2)c1. The van der Waals surface area contributed by atoms with Gasteiger partial charge in [-0.3, -0.25) is 0 Å². The zero-order chi connectivity index (χ0) is 19.3. The normalized spacial score (nSPS) is 24.8. The van der Waals surface area contributed by atoms with Gasteiger partial charge in [0.15, 0.2) is 6.29 Å². The topological polar surface area (TPSA) is 58.4 Å². The standard InChI is InChI=1S/C23H25N3O3/c1-10-23(11-1)15-27-22(29-23)14-26-13-20(24-25-26)19-9-6-17(5-4-16-2-3-16)12-21(19)28-18-7-8-18/h6,9,12-13,16,18,22H,1-3,7-8,10-11,14-15H2. The van der Waals surface area contributed by atoms with Gasteiger partial charge in [0.2, 0.25) is 0 Å². The molecule has 1 spiro atoms. The van der Waals surface area contributed by atoms with Gasteiger partial charge in [0.1, 0.15) is 11.4 Å². The van der Waals surface area contributed by atoms with Crippen LogP contribution in [0.15, 0.2) is 24.4 Å². The predicted octanol–water partition coefficient (Wildman–Crippen LogP) is 3.54. The Labute approximate surface area is 170 Å². The Morgan fingerprint density at radius 2 is 2.10 bits per heavy atom. The molecule has 150 valence electrons. The van der Waals surface area contributed by atoms with E-state index in [0.717, 1.165) is 48.3 Å². The molecule has 1 aliphatic heterocycles. The lowest BCUT2D eigenvalue weighted by atomic mass is 9.81. The van der Waals surface area contributed by atoms with Gasteiger partial charge < -0.3 is 14.2 Å². The molecule has 0 amide bonds. The largest absolute Gasteiger partial charge is 0.490 e. The summed E-state index contributed by atoms with van der Waals surface area (Å²) < 4.78 is 19.9. The van der Waals surface area contributed by atoms with Crippen molar-refractivity contribution in [3.05, 3.63) is 30.0 Å². The summed E-state index contributed by atoms with van der Waals surface area (Å²) in [6.07, 6.45) is 10.1. The summed E-state index contributed by atoms with van der Waals surface area (Å²) in [6.45, 7) is 1.25. The monoisotopic (exact) mass is 391 g/mol. The van der Waals surface area contributed by atoms with Crippen molar-refractivity contribution in [1.82, 2.24) is 15.0 Å². The Morgan fingerprint density at radius 1 is 1.21 bits per heavy atom. The van der Waals surface area contributed by atoms with Crippen molar-refractivity contribution >= 4 is 0 Å². The highest BCUT2D eigenvalue weighted by atomic mass is 16.7. The molecule has 1 saturated heterocycles. The van der Waals surface area contributed by atoms with Crippen molar-refractivity contribution in [2.75, 3.05) is 6.61 Å². The molecule has 6 heteroatoms. The summed E-state index contributed by atoms with van der Waals surface area (Å²) in [5, 5.41) is 8.68. The van der Waals surface area contributed by atoms with Crippen LogP contribution >= 0.6 is 0 Å². The van der Waals surface area contributed by atoms with Gasteiger partial charge in [0, 0.05) is 17.0 Å². The smallest absolute Gasteiger partial charge is 0.178 e. The van der Waals surface area contributed by atoms with Crippen LogP contribution in [0.4, 0.5) is 0 Å². The molecule has 1 atom stereocenters. The van der Waals surface area contributed by atoms with E-state index in [1.165, 1.54) is 19.3 Å². The first-order valence-electron chi connectivity index (χ1n) is 10.8. The highest BCUT2D eigenvalue weighted by molar-refractivity contribution is 5.68. The van der Waals surface area contributed by atoms with E-state index in [1.807, 2.05) is 18.3 Å². The van der Waals surface area contributed by atoms with E-state index in [4.69, 9.17) is 14.2 Å². The van der Waals surface area contributed by atoms with Crippen molar-refractivity contribution in [2.45, 2.75) is 69.5 Å². The minimum atomic E-state index is -0.243. The molecule has 4 aliphatic rings. The third kappa shape index (κ3) is 3.77.